The number of thioether (sulfide) groups is 1. The number of urea groups is 1. The number of ether oxygens (including phenoxy) is 3. The molecule has 3 rings (SSSR count). The van der Waals surface area contributed by atoms with Gasteiger partial charge in [-0.15, -0.1) is 0 Å². The van der Waals surface area contributed by atoms with Crippen LogP contribution in [0.25, 0.3) is 10.8 Å². The molecule has 5 amide bonds. The van der Waals surface area contributed by atoms with Crippen molar-refractivity contribution in [3.8, 4) is 0 Å². The molecule has 2 aromatic rings. The maximum absolute atomic E-state index is 13.7. The summed E-state index contributed by atoms with van der Waals surface area (Å²) in [5.41, 5.74) is 1.79. The normalized spacial score (nSPS) is 16.2. The molecule has 2 aromatic carbocycles. The standard InChI is InChI=1S/C45H68N6O11S/c1-31(17-21-60-23-25-62-26-24-61-22-20-46-32(2)52)48-30-33-11-15-36(16-12-33)41(53)49-40(29-34-13-14-35-8-4-5-9-37(35)28-34)42(54)47-19-7-6-10-38(43(55)56)50-45(59)51-39(44(57)58)18-27-63-3/h4-5,8-9,13-14,28,33,36,38-40,48H,1,6-7,10-12,15-27,29-30H2,2-3H3,(H,46,52)(H,47,54)(H,49,53)(H,55,56)(H,57,58)(H2,50,51,59)/t33?,36?,38-,39-,40-/m0/s1. The van der Waals surface area contributed by atoms with Gasteiger partial charge in [-0.3, -0.25) is 14.4 Å². The van der Waals surface area contributed by atoms with Crippen LogP contribution in [0.1, 0.15) is 70.3 Å². The molecule has 350 valence electrons. The van der Waals surface area contributed by atoms with Gasteiger partial charge in [-0.25, -0.2) is 14.4 Å². The highest BCUT2D eigenvalue weighted by Gasteiger charge is 2.30. The molecule has 1 aliphatic rings. The number of hydrogen-bond donors (Lipinski definition) is 8. The van der Waals surface area contributed by atoms with E-state index in [1.54, 1.807) is 0 Å². The van der Waals surface area contributed by atoms with Crippen LogP contribution >= 0.6 is 11.8 Å². The summed E-state index contributed by atoms with van der Waals surface area (Å²) in [5.74, 6) is -2.38. The monoisotopic (exact) mass is 900 g/mol. The van der Waals surface area contributed by atoms with Crippen molar-refractivity contribution >= 4 is 58.2 Å². The maximum atomic E-state index is 13.7. The van der Waals surface area contributed by atoms with Crippen molar-refractivity contribution < 1.29 is 53.2 Å². The van der Waals surface area contributed by atoms with Gasteiger partial charge in [0.05, 0.1) is 39.6 Å². The predicted octanol–water partition coefficient (Wildman–Crippen LogP) is 3.60. The van der Waals surface area contributed by atoms with E-state index in [1.165, 1.54) is 18.7 Å². The van der Waals surface area contributed by atoms with E-state index in [0.29, 0.717) is 90.0 Å². The fourth-order valence-corrected chi connectivity index (χ4v) is 7.53. The highest BCUT2D eigenvalue weighted by Crippen LogP contribution is 2.29. The summed E-state index contributed by atoms with van der Waals surface area (Å²) < 4.78 is 16.5. The lowest BCUT2D eigenvalue weighted by Crippen LogP contribution is -2.51. The number of carboxylic acids is 2. The van der Waals surface area contributed by atoms with Gasteiger partial charge in [-0.05, 0) is 85.6 Å². The third-order valence-corrected chi connectivity index (χ3v) is 11.3. The Morgan fingerprint density at radius 2 is 1.37 bits per heavy atom. The van der Waals surface area contributed by atoms with Gasteiger partial charge in [0.1, 0.15) is 18.1 Å². The van der Waals surface area contributed by atoms with Gasteiger partial charge < -0.3 is 56.3 Å². The first-order chi connectivity index (χ1) is 30.4. The van der Waals surface area contributed by atoms with Crippen LogP contribution in [0.2, 0.25) is 0 Å². The topological polar surface area (TPSA) is 243 Å². The number of hydrogen-bond acceptors (Lipinski definition) is 11. The van der Waals surface area contributed by atoms with E-state index in [-0.39, 0.29) is 49.4 Å². The number of carbonyl (C=O) groups excluding carboxylic acids is 4. The van der Waals surface area contributed by atoms with Crippen LogP contribution in [-0.4, -0.2) is 135 Å². The molecular formula is C45H68N6O11S. The smallest absolute Gasteiger partial charge is 0.326 e. The molecule has 0 heterocycles. The summed E-state index contributed by atoms with van der Waals surface area (Å²) in [6, 6.07) is 9.79. The number of aliphatic carboxylic acids is 2. The number of carboxylic acid groups (broad SMARTS) is 2. The van der Waals surface area contributed by atoms with Crippen LogP contribution in [0.4, 0.5) is 4.79 Å². The van der Waals surface area contributed by atoms with Crippen molar-refractivity contribution in [2.75, 3.05) is 71.3 Å². The molecule has 0 spiro atoms. The number of unbranched alkanes of at least 4 members (excludes halogenated alkanes) is 1. The quantitative estimate of drug-likeness (QED) is 0.0491. The number of benzene rings is 2. The van der Waals surface area contributed by atoms with E-state index in [2.05, 4.69) is 38.5 Å². The van der Waals surface area contributed by atoms with Gasteiger partial charge >= 0.3 is 18.0 Å². The van der Waals surface area contributed by atoms with Crippen molar-refractivity contribution in [3.05, 3.63) is 60.3 Å². The first-order valence-corrected chi connectivity index (χ1v) is 23.2. The second-order valence-electron chi connectivity index (χ2n) is 15.7. The fourth-order valence-electron chi connectivity index (χ4n) is 7.06. The van der Waals surface area contributed by atoms with Crippen LogP contribution in [0, 0.1) is 11.8 Å². The summed E-state index contributed by atoms with van der Waals surface area (Å²) in [4.78, 5) is 73.9. The largest absolute Gasteiger partial charge is 0.480 e. The molecule has 0 aromatic heterocycles. The molecule has 0 radical (unpaired) electrons. The summed E-state index contributed by atoms with van der Waals surface area (Å²) in [7, 11) is 0. The van der Waals surface area contributed by atoms with E-state index in [4.69, 9.17) is 14.2 Å². The molecular weight excluding hydrogens is 833 g/mol. The Kier molecular flexibility index (Phi) is 25.2. The van der Waals surface area contributed by atoms with Crippen molar-refractivity contribution in [2.24, 2.45) is 11.8 Å². The van der Waals surface area contributed by atoms with Gasteiger partial charge in [-0.2, -0.15) is 11.8 Å². The number of rotatable bonds is 32. The zero-order chi connectivity index (χ0) is 45.8. The zero-order valence-corrected chi connectivity index (χ0v) is 37.6. The minimum absolute atomic E-state index is 0.0670. The highest BCUT2D eigenvalue weighted by molar-refractivity contribution is 7.98. The summed E-state index contributed by atoms with van der Waals surface area (Å²) >= 11 is 1.43. The van der Waals surface area contributed by atoms with E-state index in [1.807, 2.05) is 48.7 Å². The lowest BCUT2D eigenvalue weighted by atomic mass is 9.81. The molecule has 3 atom stereocenters. The average molecular weight is 901 g/mol. The number of nitrogens with one attached hydrogen (secondary N) is 6. The molecule has 18 heteroatoms. The zero-order valence-electron chi connectivity index (χ0n) is 36.8. The average Bonchev–Trinajstić information content (AvgIpc) is 3.26. The minimum atomic E-state index is -1.25. The van der Waals surface area contributed by atoms with E-state index in [9.17, 15) is 39.0 Å². The molecule has 0 aliphatic heterocycles. The molecule has 0 saturated heterocycles. The Balaban J connectivity index is 1.41. The maximum Gasteiger partial charge on any atom is 0.326 e. The molecule has 17 nitrogen and oxygen atoms in total. The Morgan fingerprint density at radius 3 is 2.02 bits per heavy atom. The summed E-state index contributed by atoms with van der Waals surface area (Å²) in [6.07, 6.45) is 6.90. The summed E-state index contributed by atoms with van der Waals surface area (Å²) in [5, 5.41) is 37.9. The Morgan fingerprint density at radius 1 is 0.730 bits per heavy atom. The Bertz CT molecular complexity index is 1760. The highest BCUT2D eigenvalue weighted by atomic mass is 32.2. The molecule has 0 bridgehead atoms. The van der Waals surface area contributed by atoms with Gasteiger partial charge in [0.15, 0.2) is 0 Å². The third-order valence-electron chi connectivity index (χ3n) is 10.7. The molecule has 1 aliphatic carbocycles. The SMILES string of the molecule is C=C(CCOCCOCCOCCNC(C)=O)NCC1CCC(C(=O)N[C@@H](Cc2ccc3ccccc3c2)C(=O)NCCCC[C@H](NC(=O)N[C@@H](CCSC)C(=O)O)C(=O)O)CC1. The first kappa shape index (κ1) is 52.4. The molecule has 1 saturated carbocycles. The van der Waals surface area contributed by atoms with E-state index >= 15 is 0 Å². The molecule has 8 N–H and O–H groups in total. The van der Waals surface area contributed by atoms with Crippen LogP contribution in [0.5, 0.6) is 0 Å². The van der Waals surface area contributed by atoms with Gasteiger partial charge in [0.25, 0.3) is 0 Å². The second-order valence-corrected chi connectivity index (χ2v) is 16.7. The number of carbonyl (C=O) groups is 6. The van der Waals surface area contributed by atoms with Gasteiger partial charge in [0.2, 0.25) is 17.7 Å². The fraction of sp³-hybridized carbons (Fsp3) is 0.600. The molecule has 63 heavy (non-hydrogen) atoms. The molecule has 0 unspecified atom stereocenters. The number of amides is 5. The van der Waals surface area contributed by atoms with Crippen LogP contribution < -0.4 is 31.9 Å². The van der Waals surface area contributed by atoms with Crippen LogP contribution in [0.3, 0.4) is 0 Å². The van der Waals surface area contributed by atoms with Crippen LogP contribution in [0.15, 0.2) is 54.7 Å². The summed E-state index contributed by atoms with van der Waals surface area (Å²) in [6.45, 7) is 9.82. The molecule has 1 fully saturated rings. The first-order valence-electron chi connectivity index (χ1n) is 21.8. The van der Waals surface area contributed by atoms with Gasteiger partial charge in [-0.1, -0.05) is 49.0 Å². The van der Waals surface area contributed by atoms with Crippen molar-refractivity contribution in [1.29, 1.82) is 0 Å². The van der Waals surface area contributed by atoms with Crippen molar-refractivity contribution in [1.82, 2.24) is 31.9 Å². The van der Waals surface area contributed by atoms with Crippen LogP contribution in [-0.2, 0) is 44.6 Å². The minimum Gasteiger partial charge on any atom is -0.480 e. The Hall–Kier alpha value is -4.91. The predicted molar refractivity (Wildman–Crippen MR) is 242 cm³/mol. The third kappa shape index (κ3) is 21.8. The Labute approximate surface area is 375 Å². The van der Waals surface area contributed by atoms with E-state index < -0.39 is 36.1 Å². The second kappa shape index (κ2) is 30.2. The van der Waals surface area contributed by atoms with E-state index in [0.717, 1.165) is 41.4 Å². The van der Waals surface area contributed by atoms with Crippen molar-refractivity contribution in [2.45, 2.75) is 89.3 Å². The lowest BCUT2D eigenvalue weighted by molar-refractivity contribution is -0.139. The number of fused-ring (bicyclic) bond motifs is 1. The lowest BCUT2D eigenvalue weighted by Gasteiger charge is -2.29. The van der Waals surface area contributed by atoms with Gasteiger partial charge in [0, 0.05) is 51.0 Å². The van der Waals surface area contributed by atoms with Crippen molar-refractivity contribution in [3.63, 3.8) is 0 Å².